The standard InChI is InChI=1S/C20H21F2N3O3S/c1-4-16(29(23,27)28)12-5-6-15(21)17(18(12)22)19(26)14-9-25-20-13(14)7-11(8-24-20)10(2)3/h5-10,16H,4H2,1-3H3,(H,24,25)(H2,23,27,28). The second-order valence-corrected chi connectivity index (χ2v) is 8.91. The number of rotatable bonds is 6. The third-order valence-electron chi connectivity index (χ3n) is 4.93. The van der Waals surface area contributed by atoms with Crippen molar-refractivity contribution in [3.05, 3.63) is 64.5 Å². The normalized spacial score (nSPS) is 13.2. The second kappa shape index (κ2) is 7.64. The van der Waals surface area contributed by atoms with E-state index < -0.39 is 38.3 Å². The molecule has 0 amide bonds. The summed E-state index contributed by atoms with van der Waals surface area (Å²) in [5, 5.41) is 4.23. The molecule has 2 heterocycles. The smallest absolute Gasteiger partial charge is 0.216 e. The van der Waals surface area contributed by atoms with Gasteiger partial charge < -0.3 is 4.98 Å². The minimum Gasteiger partial charge on any atom is -0.345 e. The van der Waals surface area contributed by atoms with Gasteiger partial charge in [-0.25, -0.2) is 27.3 Å². The molecule has 9 heteroatoms. The number of nitrogens with zero attached hydrogens (tertiary/aromatic N) is 1. The van der Waals surface area contributed by atoms with Crippen LogP contribution in [0, 0.1) is 11.6 Å². The number of benzene rings is 1. The Morgan fingerprint density at radius 1 is 1.28 bits per heavy atom. The van der Waals surface area contributed by atoms with Crippen LogP contribution in [0.3, 0.4) is 0 Å². The van der Waals surface area contributed by atoms with E-state index in [2.05, 4.69) is 9.97 Å². The van der Waals surface area contributed by atoms with Crippen LogP contribution in [0.15, 0.2) is 30.6 Å². The molecule has 0 saturated heterocycles. The van der Waals surface area contributed by atoms with Gasteiger partial charge in [-0.3, -0.25) is 4.79 Å². The average Bonchev–Trinajstić information content (AvgIpc) is 3.06. The predicted molar refractivity (Wildman–Crippen MR) is 106 cm³/mol. The van der Waals surface area contributed by atoms with E-state index in [4.69, 9.17) is 5.14 Å². The molecule has 0 fully saturated rings. The quantitative estimate of drug-likeness (QED) is 0.588. The predicted octanol–water partition coefficient (Wildman–Crippen LogP) is 3.94. The van der Waals surface area contributed by atoms with Crippen molar-refractivity contribution < 1.29 is 22.0 Å². The van der Waals surface area contributed by atoms with E-state index in [1.54, 1.807) is 12.3 Å². The van der Waals surface area contributed by atoms with Crippen molar-refractivity contribution in [1.82, 2.24) is 9.97 Å². The fourth-order valence-electron chi connectivity index (χ4n) is 3.31. The molecule has 2 aromatic heterocycles. The number of aromatic amines is 1. The highest BCUT2D eigenvalue weighted by atomic mass is 32.2. The topological polar surface area (TPSA) is 106 Å². The summed E-state index contributed by atoms with van der Waals surface area (Å²) >= 11 is 0. The van der Waals surface area contributed by atoms with E-state index in [1.807, 2.05) is 13.8 Å². The molecule has 29 heavy (non-hydrogen) atoms. The van der Waals surface area contributed by atoms with Gasteiger partial charge in [0.05, 0.1) is 5.56 Å². The van der Waals surface area contributed by atoms with Crippen LogP contribution in [0.1, 0.15) is 65.4 Å². The summed E-state index contributed by atoms with van der Waals surface area (Å²) in [5.41, 5.74) is 0.168. The number of nitrogens with two attached hydrogens (primary N) is 1. The van der Waals surface area contributed by atoms with Crippen molar-refractivity contribution in [3.63, 3.8) is 0 Å². The highest BCUT2D eigenvalue weighted by Gasteiger charge is 2.30. The van der Waals surface area contributed by atoms with Crippen LogP contribution in [0.2, 0.25) is 0 Å². The number of hydrogen-bond acceptors (Lipinski definition) is 4. The van der Waals surface area contributed by atoms with Gasteiger partial charge in [-0.15, -0.1) is 0 Å². The van der Waals surface area contributed by atoms with Crippen molar-refractivity contribution in [2.45, 2.75) is 38.4 Å². The highest BCUT2D eigenvalue weighted by Crippen LogP contribution is 2.31. The average molecular weight is 421 g/mol. The van der Waals surface area contributed by atoms with Gasteiger partial charge in [0, 0.05) is 28.9 Å². The Kier molecular flexibility index (Phi) is 5.55. The maximum atomic E-state index is 15.1. The lowest BCUT2D eigenvalue weighted by molar-refractivity contribution is 0.103. The van der Waals surface area contributed by atoms with Gasteiger partial charge in [0.2, 0.25) is 15.8 Å². The van der Waals surface area contributed by atoms with Crippen LogP contribution in [-0.2, 0) is 10.0 Å². The number of hydrogen-bond donors (Lipinski definition) is 2. The number of pyridine rings is 1. The first-order chi connectivity index (χ1) is 13.6. The molecule has 0 aliphatic rings. The molecule has 1 atom stereocenters. The van der Waals surface area contributed by atoms with Gasteiger partial charge in [-0.05, 0) is 30.0 Å². The molecular formula is C20H21F2N3O3S. The number of ketones is 1. The lowest BCUT2D eigenvalue weighted by Crippen LogP contribution is -2.23. The number of fused-ring (bicyclic) bond motifs is 1. The van der Waals surface area contributed by atoms with Crippen molar-refractivity contribution in [3.8, 4) is 0 Å². The fourth-order valence-corrected chi connectivity index (χ4v) is 4.31. The highest BCUT2D eigenvalue weighted by molar-refractivity contribution is 7.89. The van der Waals surface area contributed by atoms with Gasteiger partial charge in [-0.1, -0.05) is 26.8 Å². The van der Waals surface area contributed by atoms with Crippen LogP contribution in [-0.4, -0.2) is 24.2 Å². The van der Waals surface area contributed by atoms with Crippen LogP contribution < -0.4 is 5.14 Å². The number of halogens is 2. The third-order valence-corrected chi connectivity index (χ3v) is 6.31. The van der Waals surface area contributed by atoms with Crippen molar-refractivity contribution in [1.29, 1.82) is 0 Å². The molecule has 0 saturated carbocycles. The summed E-state index contributed by atoms with van der Waals surface area (Å²) in [6, 6.07) is 3.63. The zero-order chi connectivity index (χ0) is 21.5. The van der Waals surface area contributed by atoms with Gasteiger partial charge in [0.25, 0.3) is 0 Å². The van der Waals surface area contributed by atoms with Crippen molar-refractivity contribution >= 4 is 26.8 Å². The molecule has 0 aliphatic heterocycles. The lowest BCUT2D eigenvalue weighted by atomic mass is 9.97. The number of primary sulfonamides is 1. The molecule has 0 radical (unpaired) electrons. The zero-order valence-corrected chi connectivity index (χ0v) is 17.0. The van der Waals surface area contributed by atoms with Crippen LogP contribution in [0.25, 0.3) is 11.0 Å². The van der Waals surface area contributed by atoms with E-state index in [0.29, 0.717) is 11.0 Å². The van der Waals surface area contributed by atoms with Gasteiger partial charge >= 0.3 is 0 Å². The van der Waals surface area contributed by atoms with E-state index in [0.717, 1.165) is 17.7 Å². The van der Waals surface area contributed by atoms with E-state index >= 15 is 4.39 Å². The summed E-state index contributed by atoms with van der Waals surface area (Å²) in [7, 11) is -4.14. The SMILES string of the molecule is CCC(c1ccc(F)c(C(=O)c2c[nH]c3ncc(C(C)C)cc23)c1F)S(N)(=O)=O. The number of aromatic nitrogens is 2. The first kappa shape index (κ1) is 21.1. The van der Waals surface area contributed by atoms with E-state index in [1.165, 1.54) is 13.1 Å². The molecule has 1 aromatic carbocycles. The maximum Gasteiger partial charge on any atom is 0.216 e. The Morgan fingerprint density at radius 3 is 2.55 bits per heavy atom. The Hall–Kier alpha value is -2.65. The number of H-pyrrole nitrogens is 1. The molecule has 1 unspecified atom stereocenters. The number of carbonyl (C=O) groups excluding carboxylic acids is 1. The first-order valence-electron chi connectivity index (χ1n) is 9.07. The molecule has 3 aromatic rings. The summed E-state index contributed by atoms with van der Waals surface area (Å²) in [5.74, 6) is -3.07. The van der Waals surface area contributed by atoms with E-state index in [9.17, 15) is 17.6 Å². The largest absolute Gasteiger partial charge is 0.345 e. The first-order valence-corrected chi connectivity index (χ1v) is 10.7. The van der Waals surface area contributed by atoms with Crippen LogP contribution >= 0.6 is 0 Å². The number of nitrogens with one attached hydrogen (secondary N) is 1. The minimum absolute atomic E-state index is 0.0240. The Bertz CT molecular complexity index is 1200. The molecule has 0 bridgehead atoms. The maximum absolute atomic E-state index is 15.1. The Balaban J connectivity index is 2.19. The summed E-state index contributed by atoms with van der Waals surface area (Å²) in [6.07, 6.45) is 2.98. The summed E-state index contributed by atoms with van der Waals surface area (Å²) in [4.78, 5) is 20.1. The van der Waals surface area contributed by atoms with Crippen molar-refractivity contribution in [2.24, 2.45) is 5.14 Å². The van der Waals surface area contributed by atoms with Crippen LogP contribution in [0.4, 0.5) is 8.78 Å². The molecule has 3 N–H and O–H groups in total. The Labute approximate surface area is 167 Å². The fraction of sp³-hybridized carbons (Fsp3) is 0.300. The molecule has 0 aliphatic carbocycles. The number of sulfonamides is 1. The summed E-state index contributed by atoms with van der Waals surface area (Å²) < 4.78 is 53.2. The minimum atomic E-state index is -4.14. The lowest BCUT2D eigenvalue weighted by Gasteiger charge is -2.16. The monoisotopic (exact) mass is 421 g/mol. The molecule has 3 rings (SSSR count). The molecule has 6 nitrogen and oxygen atoms in total. The van der Waals surface area contributed by atoms with Gasteiger partial charge in [0.1, 0.15) is 22.5 Å². The second-order valence-electron chi connectivity index (χ2n) is 7.16. The van der Waals surface area contributed by atoms with Crippen LogP contribution in [0.5, 0.6) is 0 Å². The zero-order valence-electron chi connectivity index (χ0n) is 16.2. The van der Waals surface area contributed by atoms with Gasteiger partial charge in [0.15, 0.2) is 0 Å². The van der Waals surface area contributed by atoms with Crippen molar-refractivity contribution in [2.75, 3.05) is 0 Å². The molecular weight excluding hydrogens is 400 g/mol. The third kappa shape index (κ3) is 3.79. The van der Waals surface area contributed by atoms with E-state index in [-0.39, 0.29) is 23.5 Å². The number of carbonyl (C=O) groups is 1. The molecule has 154 valence electrons. The Morgan fingerprint density at radius 2 is 1.97 bits per heavy atom. The summed E-state index contributed by atoms with van der Waals surface area (Å²) in [6.45, 7) is 5.42. The molecule has 0 spiro atoms. The van der Waals surface area contributed by atoms with Gasteiger partial charge in [-0.2, -0.15) is 0 Å².